The van der Waals surface area contributed by atoms with Crippen LogP contribution in [0.25, 0.3) is 0 Å². The molecule has 2 rings (SSSR count). The number of nitrogens with two attached hydrogens (primary N) is 1. The van der Waals surface area contributed by atoms with Gasteiger partial charge in [-0.1, -0.05) is 18.9 Å². The molecule has 0 saturated heterocycles. The smallest absolute Gasteiger partial charge is 0.257 e. The number of nitrogen functional groups attached to an aromatic ring is 1. The van der Waals surface area contributed by atoms with E-state index in [-0.39, 0.29) is 11.9 Å². The molecule has 1 amide bonds. The zero-order chi connectivity index (χ0) is 14.5. The van der Waals surface area contributed by atoms with Crippen LogP contribution in [0.1, 0.15) is 49.9 Å². The molecule has 0 bridgehead atoms. The first-order valence-electron chi connectivity index (χ1n) is 7.45. The minimum absolute atomic E-state index is 0.133. The second kappa shape index (κ2) is 6.64. The summed E-state index contributed by atoms with van der Waals surface area (Å²) in [6.07, 6.45) is 4.93. The molecule has 1 aromatic rings. The van der Waals surface area contributed by atoms with Crippen molar-refractivity contribution >= 4 is 11.6 Å². The van der Waals surface area contributed by atoms with Gasteiger partial charge in [-0.15, -0.1) is 0 Å². The molecule has 4 heteroatoms. The summed E-state index contributed by atoms with van der Waals surface area (Å²) in [6, 6.07) is 5.50. The van der Waals surface area contributed by atoms with Gasteiger partial charge in [-0.25, -0.2) is 0 Å². The highest BCUT2D eigenvalue weighted by Gasteiger charge is 2.25. The van der Waals surface area contributed by atoms with E-state index in [1.54, 1.807) is 18.2 Å². The number of hydrogen-bond donors (Lipinski definition) is 2. The third-order valence-corrected chi connectivity index (χ3v) is 4.05. The molecule has 1 saturated carbocycles. The summed E-state index contributed by atoms with van der Waals surface area (Å²) in [7, 11) is 0. The van der Waals surface area contributed by atoms with E-state index in [1.807, 2.05) is 6.92 Å². The van der Waals surface area contributed by atoms with E-state index in [2.05, 4.69) is 12.2 Å². The van der Waals surface area contributed by atoms with Gasteiger partial charge in [0.1, 0.15) is 11.3 Å². The normalized spacial score (nSPS) is 16.9. The Morgan fingerprint density at radius 2 is 2.15 bits per heavy atom. The molecule has 0 radical (unpaired) electrons. The summed E-state index contributed by atoms with van der Waals surface area (Å²) < 4.78 is 5.51. The van der Waals surface area contributed by atoms with Gasteiger partial charge in [-0.2, -0.15) is 0 Å². The Labute approximate surface area is 120 Å². The fourth-order valence-electron chi connectivity index (χ4n) is 2.92. The first-order chi connectivity index (χ1) is 9.63. The van der Waals surface area contributed by atoms with Crippen LogP contribution in [0.4, 0.5) is 5.69 Å². The van der Waals surface area contributed by atoms with Crippen molar-refractivity contribution < 1.29 is 9.53 Å². The van der Waals surface area contributed by atoms with Crippen LogP contribution in [-0.4, -0.2) is 18.6 Å². The Morgan fingerprint density at radius 3 is 2.80 bits per heavy atom. The van der Waals surface area contributed by atoms with E-state index in [0.717, 1.165) is 0 Å². The average molecular weight is 276 g/mol. The Hall–Kier alpha value is -1.71. The van der Waals surface area contributed by atoms with Gasteiger partial charge < -0.3 is 15.8 Å². The van der Waals surface area contributed by atoms with E-state index in [9.17, 15) is 4.79 Å². The molecule has 110 valence electrons. The molecular formula is C16H24N2O2. The molecule has 3 N–H and O–H groups in total. The first-order valence-corrected chi connectivity index (χ1v) is 7.45. The van der Waals surface area contributed by atoms with Crippen molar-refractivity contribution in [1.29, 1.82) is 0 Å². The fourth-order valence-corrected chi connectivity index (χ4v) is 2.92. The molecule has 0 heterocycles. The van der Waals surface area contributed by atoms with Crippen LogP contribution in [0.15, 0.2) is 18.2 Å². The predicted molar refractivity (Wildman–Crippen MR) is 80.9 cm³/mol. The van der Waals surface area contributed by atoms with Crippen molar-refractivity contribution in [2.75, 3.05) is 12.3 Å². The van der Waals surface area contributed by atoms with Crippen LogP contribution in [0.3, 0.4) is 0 Å². The van der Waals surface area contributed by atoms with Crippen molar-refractivity contribution in [3.8, 4) is 5.75 Å². The molecule has 1 atom stereocenters. The lowest BCUT2D eigenvalue weighted by molar-refractivity contribution is 0.0924. The minimum atomic E-state index is -0.133. The average Bonchev–Trinajstić information content (AvgIpc) is 2.93. The topological polar surface area (TPSA) is 64.3 Å². The highest BCUT2D eigenvalue weighted by molar-refractivity contribution is 6.02. The molecule has 1 unspecified atom stereocenters. The number of nitrogens with one attached hydrogen (secondary N) is 1. The van der Waals surface area contributed by atoms with Gasteiger partial charge in [-0.05, 0) is 44.7 Å². The lowest BCUT2D eigenvalue weighted by Gasteiger charge is -2.21. The third-order valence-electron chi connectivity index (χ3n) is 4.05. The van der Waals surface area contributed by atoms with Gasteiger partial charge >= 0.3 is 0 Å². The maximum absolute atomic E-state index is 12.5. The zero-order valence-corrected chi connectivity index (χ0v) is 12.3. The molecule has 1 aromatic carbocycles. The molecule has 20 heavy (non-hydrogen) atoms. The van der Waals surface area contributed by atoms with E-state index in [0.29, 0.717) is 29.5 Å². The molecule has 1 aliphatic carbocycles. The van der Waals surface area contributed by atoms with E-state index in [1.165, 1.54) is 25.7 Å². The molecule has 0 spiro atoms. The number of carbonyl (C=O) groups excluding carboxylic acids is 1. The molecule has 4 nitrogen and oxygen atoms in total. The van der Waals surface area contributed by atoms with Gasteiger partial charge in [0.25, 0.3) is 5.91 Å². The largest absolute Gasteiger partial charge is 0.493 e. The number of carbonyl (C=O) groups is 1. The summed E-state index contributed by atoms with van der Waals surface area (Å²) in [6.45, 7) is 4.49. The molecule has 1 aliphatic rings. The third kappa shape index (κ3) is 3.24. The maximum Gasteiger partial charge on any atom is 0.257 e. The quantitative estimate of drug-likeness (QED) is 0.813. The summed E-state index contributed by atoms with van der Waals surface area (Å²) in [4.78, 5) is 12.5. The SMILES string of the molecule is CCOc1cccc(N)c1C(=O)NC(C)C1CCCC1. The van der Waals surface area contributed by atoms with Crippen LogP contribution >= 0.6 is 0 Å². The van der Waals surface area contributed by atoms with Gasteiger partial charge in [0.05, 0.1) is 6.61 Å². The first kappa shape index (κ1) is 14.7. The Balaban J connectivity index is 2.11. The number of benzene rings is 1. The van der Waals surface area contributed by atoms with Gasteiger partial charge in [0.15, 0.2) is 0 Å². The summed E-state index contributed by atoms with van der Waals surface area (Å²) in [5, 5.41) is 3.08. The van der Waals surface area contributed by atoms with E-state index >= 15 is 0 Å². The lowest BCUT2D eigenvalue weighted by atomic mass is 9.99. The van der Waals surface area contributed by atoms with Gasteiger partial charge in [0.2, 0.25) is 0 Å². The predicted octanol–water partition coefficient (Wildman–Crippen LogP) is 2.98. The van der Waals surface area contributed by atoms with Crippen molar-refractivity contribution in [2.24, 2.45) is 5.92 Å². The van der Waals surface area contributed by atoms with Crippen LogP contribution in [0.2, 0.25) is 0 Å². The second-order valence-electron chi connectivity index (χ2n) is 5.46. The van der Waals surface area contributed by atoms with Gasteiger partial charge in [-0.3, -0.25) is 4.79 Å². The lowest BCUT2D eigenvalue weighted by Crippen LogP contribution is -2.37. The van der Waals surface area contributed by atoms with Crippen LogP contribution in [-0.2, 0) is 0 Å². The Bertz CT molecular complexity index is 468. The number of ether oxygens (including phenoxy) is 1. The van der Waals surface area contributed by atoms with Crippen LogP contribution in [0.5, 0.6) is 5.75 Å². The number of rotatable bonds is 5. The van der Waals surface area contributed by atoms with Crippen molar-refractivity contribution in [3.63, 3.8) is 0 Å². The van der Waals surface area contributed by atoms with Crippen molar-refractivity contribution in [3.05, 3.63) is 23.8 Å². The molecular weight excluding hydrogens is 252 g/mol. The van der Waals surface area contributed by atoms with Crippen LogP contribution < -0.4 is 15.8 Å². The summed E-state index contributed by atoms with van der Waals surface area (Å²) >= 11 is 0. The van der Waals surface area contributed by atoms with Crippen molar-refractivity contribution in [1.82, 2.24) is 5.32 Å². The Kier molecular flexibility index (Phi) is 4.88. The summed E-state index contributed by atoms with van der Waals surface area (Å²) in [5.74, 6) is 1.01. The highest BCUT2D eigenvalue weighted by atomic mass is 16.5. The standard InChI is InChI=1S/C16H24N2O2/c1-3-20-14-10-6-9-13(17)15(14)16(19)18-11(2)12-7-4-5-8-12/h6,9-12H,3-5,7-8,17H2,1-2H3,(H,18,19). The highest BCUT2D eigenvalue weighted by Crippen LogP contribution is 2.29. The number of hydrogen-bond acceptors (Lipinski definition) is 3. The number of amides is 1. The molecule has 0 aromatic heterocycles. The molecule has 1 fully saturated rings. The van der Waals surface area contributed by atoms with E-state index < -0.39 is 0 Å². The summed E-state index contributed by atoms with van der Waals surface area (Å²) in [5.41, 5.74) is 6.86. The zero-order valence-electron chi connectivity index (χ0n) is 12.3. The minimum Gasteiger partial charge on any atom is -0.493 e. The molecule has 0 aliphatic heterocycles. The second-order valence-corrected chi connectivity index (χ2v) is 5.46. The van der Waals surface area contributed by atoms with Crippen molar-refractivity contribution in [2.45, 2.75) is 45.6 Å². The van der Waals surface area contributed by atoms with E-state index in [4.69, 9.17) is 10.5 Å². The maximum atomic E-state index is 12.5. The van der Waals surface area contributed by atoms with Crippen LogP contribution in [0, 0.1) is 5.92 Å². The van der Waals surface area contributed by atoms with Gasteiger partial charge in [0, 0.05) is 11.7 Å². The Morgan fingerprint density at radius 1 is 1.45 bits per heavy atom. The fraction of sp³-hybridized carbons (Fsp3) is 0.562. The number of anilines is 1. The monoisotopic (exact) mass is 276 g/mol.